The number of nitrogens with one attached hydrogen (secondary N) is 2. The average molecular weight is 474 g/mol. The number of hydrogen-bond acceptors (Lipinski definition) is 3. The van der Waals surface area contributed by atoms with Gasteiger partial charge in [-0.3, -0.25) is 9.79 Å². The number of rotatable bonds is 7. The fourth-order valence-electron chi connectivity index (χ4n) is 2.92. The predicted molar refractivity (Wildman–Crippen MR) is 117 cm³/mol. The van der Waals surface area contributed by atoms with E-state index in [1.165, 1.54) is 0 Å². The Labute approximate surface area is 173 Å². The van der Waals surface area contributed by atoms with Gasteiger partial charge in [-0.2, -0.15) is 0 Å². The van der Waals surface area contributed by atoms with Crippen LogP contribution in [-0.2, 0) is 16.1 Å². The number of guanidine groups is 1. The molecule has 2 rings (SSSR count). The molecule has 6 nitrogen and oxygen atoms in total. The summed E-state index contributed by atoms with van der Waals surface area (Å²) in [7, 11) is 3.86. The standard InChI is InChI=1S/C19H30N4O2.HI/c1-4-5-18(24)22-17-8-6-15(7-9-17)12-21-19(20-2)23(3)13-16-10-11-25-14-16;/h6-9,16H,4-5,10-14H2,1-3H3,(H,20,21)(H,22,24);1H. The van der Waals surface area contributed by atoms with Gasteiger partial charge in [-0.1, -0.05) is 19.1 Å². The van der Waals surface area contributed by atoms with Crippen LogP contribution in [0.15, 0.2) is 29.3 Å². The van der Waals surface area contributed by atoms with Crippen LogP contribution in [0, 0.1) is 5.92 Å². The summed E-state index contributed by atoms with van der Waals surface area (Å²) < 4.78 is 5.44. The van der Waals surface area contributed by atoms with Crippen molar-refractivity contribution in [1.29, 1.82) is 0 Å². The maximum Gasteiger partial charge on any atom is 0.224 e. The predicted octanol–water partition coefficient (Wildman–Crippen LogP) is 3.09. The SMILES string of the molecule is CCCC(=O)Nc1ccc(CNC(=NC)N(C)CC2CCOC2)cc1.I. The maximum atomic E-state index is 11.6. The van der Waals surface area contributed by atoms with Gasteiger partial charge in [-0.05, 0) is 30.5 Å². The van der Waals surface area contributed by atoms with E-state index >= 15 is 0 Å². The number of anilines is 1. The van der Waals surface area contributed by atoms with E-state index in [2.05, 4.69) is 27.6 Å². The summed E-state index contributed by atoms with van der Waals surface area (Å²) in [4.78, 5) is 18.1. The van der Waals surface area contributed by atoms with Crippen molar-refractivity contribution in [2.24, 2.45) is 10.9 Å². The topological polar surface area (TPSA) is 66.0 Å². The van der Waals surface area contributed by atoms with Crippen LogP contribution < -0.4 is 10.6 Å². The maximum absolute atomic E-state index is 11.6. The van der Waals surface area contributed by atoms with Gasteiger partial charge in [-0.15, -0.1) is 24.0 Å². The van der Waals surface area contributed by atoms with E-state index in [1.807, 2.05) is 31.2 Å². The van der Waals surface area contributed by atoms with Gasteiger partial charge in [0.2, 0.25) is 5.91 Å². The lowest BCUT2D eigenvalue weighted by Crippen LogP contribution is -2.41. The molecule has 7 heteroatoms. The molecule has 1 amide bonds. The zero-order valence-corrected chi connectivity index (χ0v) is 18.3. The number of carbonyl (C=O) groups excluding carboxylic acids is 1. The minimum Gasteiger partial charge on any atom is -0.381 e. The summed E-state index contributed by atoms with van der Waals surface area (Å²) in [5.74, 6) is 1.52. The second-order valence-electron chi connectivity index (χ2n) is 6.51. The van der Waals surface area contributed by atoms with Crippen LogP contribution in [0.4, 0.5) is 5.69 Å². The number of benzene rings is 1. The number of nitrogens with zero attached hydrogens (tertiary/aromatic N) is 2. The van der Waals surface area contributed by atoms with Crippen molar-refractivity contribution in [3.05, 3.63) is 29.8 Å². The number of ether oxygens (including phenoxy) is 1. The first-order valence-corrected chi connectivity index (χ1v) is 9.00. The molecule has 1 fully saturated rings. The van der Waals surface area contributed by atoms with Crippen molar-refractivity contribution in [2.45, 2.75) is 32.7 Å². The molecule has 0 spiro atoms. The summed E-state index contributed by atoms with van der Waals surface area (Å²) >= 11 is 0. The highest BCUT2D eigenvalue weighted by Gasteiger charge is 2.18. The molecule has 1 aromatic carbocycles. The Morgan fingerprint density at radius 3 is 2.65 bits per heavy atom. The molecular weight excluding hydrogens is 443 g/mol. The molecule has 0 saturated carbocycles. The van der Waals surface area contributed by atoms with Crippen LogP contribution in [0.3, 0.4) is 0 Å². The van der Waals surface area contributed by atoms with Crippen molar-refractivity contribution in [3.63, 3.8) is 0 Å². The molecule has 1 saturated heterocycles. The van der Waals surface area contributed by atoms with E-state index in [4.69, 9.17) is 4.74 Å². The Kier molecular flexibility index (Phi) is 10.6. The largest absolute Gasteiger partial charge is 0.381 e. The molecule has 0 radical (unpaired) electrons. The second kappa shape index (κ2) is 12.1. The van der Waals surface area contributed by atoms with E-state index in [-0.39, 0.29) is 29.9 Å². The molecule has 146 valence electrons. The first-order chi connectivity index (χ1) is 12.1. The third-order valence-corrected chi connectivity index (χ3v) is 4.29. The molecule has 0 aliphatic carbocycles. The Morgan fingerprint density at radius 1 is 1.35 bits per heavy atom. The lowest BCUT2D eigenvalue weighted by Gasteiger charge is -2.24. The highest BCUT2D eigenvalue weighted by atomic mass is 127. The number of amides is 1. The van der Waals surface area contributed by atoms with Gasteiger partial charge in [0.1, 0.15) is 0 Å². The Bertz CT molecular complexity index is 571. The molecule has 26 heavy (non-hydrogen) atoms. The molecule has 0 bridgehead atoms. The first-order valence-electron chi connectivity index (χ1n) is 9.00. The van der Waals surface area contributed by atoms with E-state index in [1.54, 1.807) is 7.05 Å². The van der Waals surface area contributed by atoms with Gasteiger partial charge in [-0.25, -0.2) is 0 Å². The quantitative estimate of drug-likeness (QED) is 0.362. The number of carbonyl (C=O) groups is 1. The second-order valence-corrected chi connectivity index (χ2v) is 6.51. The Balaban J connectivity index is 0.00000338. The minimum absolute atomic E-state index is 0. The Morgan fingerprint density at radius 2 is 2.08 bits per heavy atom. The van der Waals surface area contributed by atoms with Crippen LogP contribution in [0.2, 0.25) is 0 Å². The fraction of sp³-hybridized carbons (Fsp3) is 0.579. The highest BCUT2D eigenvalue weighted by molar-refractivity contribution is 14.0. The van der Waals surface area contributed by atoms with Gasteiger partial charge >= 0.3 is 0 Å². The smallest absolute Gasteiger partial charge is 0.224 e. The van der Waals surface area contributed by atoms with Gasteiger partial charge in [0, 0.05) is 51.8 Å². The molecule has 1 unspecified atom stereocenters. The fourth-order valence-corrected chi connectivity index (χ4v) is 2.92. The molecular formula is C19H31IN4O2. The third-order valence-electron chi connectivity index (χ3n) is 4.29. The number of aliphatic imine (C=N–C) groups is 1. The summed E-state index contributed by atoms with van der Waals surface area (Å²) in [6.07, 6.45) is 2.53. The normalized spacial score (nSPS) is 16.7. The molecule has 1 heterocycles. The van der Waals surface area contributed by atoms with Crippen LogP contribution in [-0.4, -0.2) is 50.6 Å². The van der Waals surface area contributed by atoms with Crippen LogP contribution >= 0.6 is 24.0 Å². The van der Waals surface area contributed by atoms with Crippen LogP contribution in [0.5, 0.6) is 0 Å². The van der Waals surface area contributed by atoms with Crippen molar-refractivity contribution in [1.82, 2.24) is 10.2 Å². The van der Waals surface area contributed by atoms with E-state index < -0.39 is 0 Å². The lowest BCUT2D eigenvalue weighted by molar-refractivity contribution is -0.116. The molecule has 1 atom stereocenters. The zero-order chi connectivity index (χ0) is 18.1. The number of hydrogen-bond donors (Lipinski definition) is 2. The summed E-state index contributed by atoms with van der Waals surface area (Å²) in [5, 5.41) is 6.29. The molecule has 1 aliphatic heterocycles. The zero-order valence-electron chi connectivity index (χ0n) is 16.0. The summed E-state index contributed by atoms with van der Waals surface area (Å²) in [6, 6.07) is 7.92. The van der Waals surface area contributed by atoms with Gasteiger partial charge < -0.3 is 20.3 Å². The van der Waals surface area contributed by atoms with Gasteiger partial charge in [0.15, 0.2) is 5.96 Å². The summed E-state index contributed by atoms with van der Waals surface area (Å²) in [6.45, 7) is 5.35. The summed E-state index contributed by atoms with van der Waals surface area (Å²) in [5.41, 5.74) is 1.98. The van der Waals surface area contributed by atoms with E-state index in [9.17, 15) is 4.79 Å². The van der Waals surface area contributed by atoms with Crippen molar-refractivity contribution >= 4 is 41.5 Å². The monoisotopic (exact) mass is 474 g/mol. The van der Waals surface area contributed by atoms with E-state index in [0.29, 0.717) is 18.9 Å². The van der Waals surface area contributed by atoms with Crippen molar-refractivity contribution < 1.29 is 9.53 Å². The molecule has 1 aliphatic rings. The van der Waals surface area contributed by atoms with Crippen LogP contribution in [0.1, 0.15) is 31.7 Å². The lowest BCUT2D eigenvalue weighted by atomic mass is 10.1. The van der Waals surface area contributed by atoms with E-state index in [0.717, 1.165) is 49.8 Å². The molecule has 1 aromatic rings. The molecule has 0 aromatic heterocycles. The highest BCUT2D eigenvalue weighted by Crippen LogP contribution is 2.13. The van der Waals surface area contributed by atoms with Crippen molar-refractivity contribution in [3.8, 4) is 0 Å². The van der Waals surface area contributed by atoms with Crippen LogP contribution in [0.25, 0.3) is 0 Å². The average Bonchev–Trinajstić information content (AvgIpc) is 3.10. The van der Waals surface area contributed by atoms with Gasteiger partial charge in [0.05, 0.1) is 6.61 Å². The minimum atomic E-state index is 0. The van der Waals surface area contributed by atoms with Gasteiger partial charge in [0.25, 0.3) is 0 Å². The first kappa shape index (κ1) is 22.7. The number of halogens is 1. The van der Waals surface area contributed by atoms with Crippen molar-refractivity contribution in [2.75, 3.05) is 39.2 Å². The molecule has 2 N–H and O–H groups in total. The Hall–Kier alpha value is -1.35. The third kappa shape index (κ3) is 7.49.